The summed E-state index contributed by atoms with van der Waals surface area (Å²) in [6.45, 7) is 6.07. The van der Waals surface area contributed by atoms with Gasteiger partial charge in [0.05, 0.1) is 16.7 Å². The summed E-state index contributed by atoms with van der Waals surface area (Å²) in [5.41, 5.74) is 1.95. The molecule has 0 saturated carbocycles. The van der Waals surface area contributed by atoms with Crippen LogP contribution in [-0.4, -0.2) is 32.3 Å². The Morgan fingerprint density at radius 1 is 1.23 bits per heavy atom. The minimum Gasteiger partial charge on any atom is -0.342 e. The largest absolute Gasteiger partial charge is 0.342 e. The van der Waals surface area contributed by atoms with Crippen LogP contribution in [0.25, 0.3) is 0 Å². The Balaban J connectivity index is 1.60. The van der Waals surface area contributed by atoms with Gasteiger partial charge in [-0.25, -0.2) is 0 Å². The van der Waals surface area contributed by atoms with Crippen molar-refractivity contribution in [3.8, 4) is 0 Å². The van der Waals surface area contributed by atoms with E-state index >= 15 is 0 Å². The number of halogens is 1. The quantitative estimate of drug-likeness (QED) is 0.300. The Morgan fingerprint density at radius 3 is 2.68 bits per heavy atom. The lowest BCUT2D eigenvalue weighted by Gasteiger charge is -2.14. The van der Waals surface area contributed by atoms with E-state index in [9.17, 15) is 9.59 Å². The van der Waals surface area contributed by atoms with Crippen LogP contribution in [0.5, 0.6) is 0 Å². The maximum atomic E-state index is 12.5. The lowest BCUT2D eigenvalue weighted by Crippen LogP contribution is -2.27. The topological polar surface area (TPSA) is 88.9 Å². The zero-order chi connectivity index (χ0) is 22.5. The molecule has 2 heterocycles. The smallest absolute Gasteiger partial charge is 0.261 e. The van der Waals surface area contributed by atoms with Gasteiger partial charge in [-0.1, -0.05) is 31.7 Å². The number of carbonyl (C=O) groups excluding carboxylic acids is 2. The van der Waals surface area contributed by atoms with Crippen molar-refractivity contribution in [1.82, 2.24) is 20.1 Å². The van der Waals surface area contributed by atoms with Gasteiger partial charge in [-0.15, -0.1) is 21.5 Å². The number of benzene rings is 1. The van der Waals surface area contributed by atoms with Gasteiger partial charge in [0, 0.05) is 16.3 Å². The first kappa shape index (κ1) is 23.7. The molecule has 2 aromatic heterocycles. The van der Waals surface area contributed by atoms with E-state index in [0.717, 1.165) is 14.8 Å². The third kappa shape index (κ3) is 6.07. The number of anilines is 1. The van der Waals surface area contributed by atoms with Crippen LogP contribution in [0.15, 0.2) is 40.9 Å². The fourth-order valence-electron chi connectivity index (χ4n) is 3.01. The van der Waals surface area contributed by atoms with Crippen molar-refractivity contribution in [1.29, 1.82) is 0 Å². The predicted octanol–water partition coefficient (Wildman–Crippen LogP) is 4.83. The summed E-state index contributed by atoms with van der Waals surface area (Å²) >= 11 is 4.98. The van der Waals surface area contributed by atoms with E-state index in [0.29, 0.717) is 21.8 Å². The van der Waals surface area contributed by atoms with Crippen molar-refractivity contribution < 1.29 is 9.59 Å². The van der Waals surface area contributed by atoms with Crippen molar-refractivity contribution in [2.75, 3.05) is 11.1 Å². The highest BCUT2D eigenvalue weighted by Gasteiger charge is 2.19. The summed E-state index contributed by atoms with van der Waals surface area (Å²) in [4.78, 5) is 25.5. The number of aromatic nitrogens is 3. The van der Waals surface area contributed by atoms with Crippen LogP contribution in [0.2, 0.25) is 0 Å². The normalized spacial score (nSPS) is 12.1. The summed E-state index contributed by atoms with van der Waals surface area (Å²) in [7, 11) is 1.83. The second kappa shape index (κ2) is 10.6. The van der Waals surface area contributed by atoms with E-state index in [1.807, 2.05) is 42.1 Å². The molecule has 7 nitrogen and oxygen atoms in total. The van der Waals surface area contributed by atoms with E-state index in [2.05, 4.69) is 63.3 Å². The maximum Gasteiger partial charge on any atom is 0.261 e. The molecule has 0 aliphatic rings. The Labute approximate surface area is 203 Å². The van der Waals surface area contributed by atoms with Gasteiger partial charge in [0.2, 0.25) is 5.91 Å². The Kier molecular flexibility index (Phi) is 8.11. The van der Waals surface area contributed by atoms with Gasteiger partial charge in [-0.3, -0.25) is 9.59 Å². The average Bonchev–Trinajstić information content (AvgIpc) is 3.38. The molecule has 3 aromatic rings. The minimum atomic E-state index is -0.310. The highest BCUT2D eigenvalue weighted by Crippen LogP contribution is 2.27. The van der Waals surface area contributed by atoms with Crippen LogP contribution in [0.4, 0.5) is 5.69 Å². The van der Waals surface area contributed by atoms with E-state index in [-0.39, 0.29) is 23.6 Å². The predicted molar refractivity (Wildman–Crippen MR) is 134 cm³/mol. The van der Waals surface area contributed by atoms with Crippen molar-refractivity contribution >= 4 is 63.2 Å². The van der Waals surface area contributed by atoms with E-state index in [4.69, 9.17) is 0 Å². The maximum absolute atomic E-state index is 12.5. The Bertz CT molecular complexity index is 1070. The average molecular weight is 569 g/mol. The first-order valence-electron chi connectivity index (χ1n) is 9.72. The summed E-state index contributed by atoms with van der Waals surface area (Å²) in [5, 5.41) is 16.8. The Morgan fingerprint density at radius 2 is 2.00 bits per heavy atom. The lowest BCUT2D eigenvalue weighted by atomic mass is 10.0. The van der Waals surface area contributed by atoms with Crippen molar-refractivity contribution in [2.24, 2.45) is 7.05 Å². The van der Waals surface area contributed by atoms with Crippen LogP contribution >= 0.6 is 45.7 Å². The van der Waals surface area contributed by atoms with Gasteiger partial charge >= 0.3 is 0 Å². The van der Waals surface area contributed by atoms with Gasteiger partial charge < -0.3 is 15.2 Å². The minimum absolute atomic E-state index is 0.100. The summed E-state index contributed by atoms with van der Waals surface area (Å²) in [6.07, 6.45) is 0. The molecule has 0 saturated heterocycles. The molecule has 2 N–H and O–H groups in total. The van der Waals surface area contributed by atoms with E-state index < -0.39 is 0 Å². The number of hydrogen-bond donors (Lipinski definition) is 2. The molecule has 0 aliphatic carbocycles. The summed E-state index contributed by atoms with van der Waals surface area (Å²) in [6, 6.07) is 9.33. The summed E-state index contributed by atoms with van der Waals surface area (Å²) in [5.74, 6) is 0.914. The molecule has 2 amide bonds. The van der Waals surface area contributed by atoms with Crippen molar-refractivity contribution in [2.45, 2.75) is 37.9 Å². The SMILES string of the molecule is CC(C)c1cc(I)ccc1NC(=O)CSc1nnc([C@@H](C)NC(=O)c2cccs2)n1C. The van der Waals surface area contributed by atoms with E-state index in [1.165, 1.54) is 23.1 Å². The molecule has 0 bridgehead atoms. The highest BCUT2D eigenvalue weighted by atomic mass is 127. The molecular weight excluding hydrogens is 545 g/mol. The van der Waals surface area contributed by atoms with Gasteiger partial charge in [0.25, 0.3) is 5.91 Å². The second-order valence-electron chi connectivity index (χ2n) is 7.30. The zero-order valence-corrected chi connectivity index (χ0v) is 21.5. The number of carbonyl (C=O) groups is 2. The lowest BCUT2D eigenvalue weighted by molar-refractivity contribution is -0.113. The molecular formula is C21H24IN5O2S2. The molecule has 31 heavy (non-hydrogen) atoms. The second-order valence-corrected chi connectivity index (χ2v) is 10.4. The number of thioether (sulfide) groups is 1. The van der Waals surface area contributed by atoms with Gasteiger partial charge in [0.15, 0.2) is 11.0 Å². The van der Waals surface area contributed by atoms with E-state index in [1.54, 1.807) is 6.07 Å². The van der Waals surface area contributed by atoms with Crippen LogP contribution in [0.3, 0.4) is 0 Å². The van der Waals surface area contributed by atoms with Crippen LogP contribution in [0.1, 0.15) is 53.8 Å². The number of rotatable bonds is 8. The third-order valence-corrected chi connectivity index (χ3v) is 7.15. The van der Waals surface area contributed by atoms with Gasteiger partial charge in [0.1, 0.15) is 0 Å². The number of thiophene rings is 1. The first-order chi connectivity index (χ1) is 14.8. The molecule has 1 aromatic carbocycles. The molecule has 0 radical (unpaired) electrons. The van der Waals surface area contributed by atoms with Crippen molar-refractivity contribution in [3.05, 3.63) is 55.5 Å². The molecule has 0 unspecified atom stereocenters. The first-order valence-corrected chi connectivity index (χ1v) is 12.7. The van der Waals surface area contributed by atoms with Crippen molar-refractivity contribution in [3.63, 3.8) is 0 Å². The number of amides is 2. The fraction of sp³-hybridized carbons (Fsp3) is 0.333. The monoisotopic (exact) mass is 569 g/mol. The highest BCUT2D eigenvalue weighted by molar-refractivity contribution is 14.1. The van der Waals surface area contributed by atoms with Crippen LogP contribution in [-0.2, 0) is 11.8 Å². The summed E-state index contributed by atoms with van der Waals surface area (Å²) < 4.78 is 2.95. The van der Waals surface area contributed by atoms with Crippen LogP contribution < -0.4 is 10.6 Å². The van der Waals surface area contributed by atoms with Gasteiger partial charge in [-0.2, -0.15) is 0 Å². The molecule has 3 rings (SSSR count). The standard InChI is InChI=1S/C21H24IN5O2S2/c1-12(2)15-10-14(22)7-8-16(15)24-18(28)11-31-21-26-25-19(27(21)4)13(3)23-20(29)17-6-5-9-30-17/h5-10,12-13H,11H2,1-4H3,(H,23,29)(H,24,28)/t13-/m1/s1. The molecule has 0 spiro atoms. The van der Waals surface area contributed by atoms with Crippen LogP contribution in [0, 0.1) is 3.57 Å². The molecule has 0 fully saturated rings. The molecule has 164 valence electrons. The molecule has 0 aliphatic heterocycles. The fourth-order valence-corrected chi connectivity index (χ4v) is 4.87. The third-order valence-electron chi connectivity index (χ3n) is 4.59. The zero-order valence-electron chi connectivity index (χ0n) is 17.7. The Hall–Kier alpha value is -1.92. The molecule has 1 atom stereocenters. The molecule has 10 heteroatoms. The number of hydrogen-bond acceptors (Lipinski definition) is 6. The number of nitrogens with one attached hydrogen (secondary N) is 2. The number of nitrogens with zero attached hydrogens (tertiary/aromatic N) is 3. The van der Waals surface area contributed by atoms with Gasteiger partial charge in [-0.05, 0) is 70.6 Å².